The van der Waals surface area contributed by atoms with Crippen molar-refractivity contribution < 1.29 is 18.7 Å². The van der Waals surface area contributed by atoms with E-state index in [-0.39, 0.29) is 16.9 Å². The molecular weight excluding hydrogens is 174 g/mol. The van der Waals surface area contributed by atoms with Gasteiger partial charge in [0.1, 0.15) is 11.6 Å². The fourth-order valence-corrected chi connectivity index (χ4v) is 0.971. The molecule has 1 aromatic rings. The lowest BCUT2D eigenvalue weighted by Gasteiger charge is -2.04. The number of methoxy groups -OCH3 is 1. The van der Waals surface area contributed by atoms with Gasteiger partial charge in [0.05, 0.1) is 18.2 Å². The third kappa shape index (κ3) is 1.56. The summed E-state index contributed by atoms with van der Waals surface area (Å²) in [6.07, 6.45) is 0.670. The molecule has 0 aromatic heterocycles. The van der Waals surface area contributed by atoms with Gasteiger partial charge in [-0.25, -0.2) is 4.39 Å². The molecule has 0 atom stereocenters. The van der Waals surface area contributed by atoms with Gasteiger partial charge < -0.3 is 4.74 Å². The second kappa shape index (κ2) is 3.80. The van der Waals surface area contributed by atoms with Crippen molar-refractivity contribution in [1.29, 1.82) is 0 Å². The van der Waals surface area contributed by atoms with E-state index < -0.39 is 5.82 Å². The highest BCUT2D eigenvalue weighted by Gasteiger charge is 2.12. The summed E-state index contributed by atoms with van der Waals surface area (Å²) in [5.74, 6) is -0.720. The van der Waals surface area contributed by atoms with E-state index >= 15 is 0 Å². The number of carbonyl (C=O) groups is 2. The van der Waals surface area contributed by atoms with Crippen LogP contribution < -0.4 is 4.74 Å². The van der Waals surface area contributed by atoms with E-state index in [0.29, 0.717) is 12.6 Å². The lowest BCUT2D eigenvalue weighted by molar-refractivity contribution is 0.111. The van der Waals surface area contributed by atoms with Crippen LogP contribution in [0.1, 0.15) is 20.7 Å². The van der Waals surface area contributed by atoms with E-state index in [2.05, 4.69) is 0 Å². The molecule has 0 bridgehead atoms. The van der Waals surface area contributed by atoms with Gasteiger partial charge in [-0.15, -0.1) is 0 Å². The first-order valence-electron chi connectivity index (χ1n) is 3.51. The summed E-state index contributed by atoms with van der Waals surface area (Å²) in [5.41, 5.74) is -0.380. The first-order chi connectivity index (χ1) is 6.24. The van der Waals surface area contributed by atoms with E-state index in [1.54, 1.807) is 0 Å². The number of hydrogen-bond acceptors (Lipinski definition) is 3. The van der Waals surface area contributed by atoms with Crippen LogP contribution in [-0.2, 0) is 0 Å². The standard InChI is InChI=1S/C9H7FO3/c1-13-8-3-2-6(4-11)9(10)7(8)5-12/h2-5H,1H3/i10-1. The van der Waals surface area contributed by atoms with Gasteiger partial charge in [-0.2, -0.15) is 0 Å². The smallest absolute Gasteiger partial charge is 0.156 e. The Morgan fingerprint density at radius 1 is 1.31 bits per heavy atom. The molecule has 1 rings (SSSR count). The number of carbonyl (C=O) groups excluding carboxylic acids is 2. The molecule has 0 fully saturated rings. The maximum atomic E-state index is 13.2. The number of ether oxygens (including phenoxy) is 1. The van der Waals surface area contributed by atoms with Crippen molar-refractivity contribution in [2.45, 2.75) is 0 Å². The number of aldehydes is 2. The minimum Gasteiger partial charge on any atom is -0.496 e. The number of hydrogen-bond donors (Lipinski definition) is 0. The largest absolute Gasteiger partial charge is 0.496 e. The molecule has 0 radical (unpaired) electrons. The van der Waals surface area contributed by atoms with Gasteiger partial charge in [0.15, 0.2) is 12.6 Å². The average Bonchev–Trinajstić information content (AvgIpc) is 2.17. The van der Waals surface area contributed by atoms with Gasteiger partial charge in [-0.1, -0.05) is 0 Å². The Hall–Kier alpha value is -1.71. The van der Waals surface area contributed by atoms with Crippen LogP contribution in [0.15, 0.2) is 12.1 Å². The molecule has 0 saturated heterocycles. The van der Waals surface area contributed by atoms with Crippen molar-refractivity contribution in [3.05, 3.63) is 29.1 Å². The van der Waals surface area contributed by atoms with Gasteiger partial charge in [-0.3, -0.25) is 9.59 Å². The lowest BCUT2D eigenvalue weighted by Crippen LogP contribution is -1.98. The molecule has 0 saturated carbocycles. The van der Waals surface area contributed by atoms with Gasteiger partial charge in [0.25, 0.3) is 0 Å². The number of halogens is 1. The Kier molecular flexibility index (Phi) is 2.74. The zero-order valence-electron chi connectivity index (χ0n) is 6.91. The van der Waals surface area contributed by atoms with Crippen molar-refractivity contribution in [2.24, 2.45) is 0 Å². The molecular formula is C9H7FO3. The molecule has 0 aliphatic rings. The Morgan fingerprint density at radius 2 is 2.00 bits per heavy atom. The molecule has 3 nitrogen and oxygen atoms in total. The second-order valence-corrected chi connectivity index (χ2v) is 2.32. The van der Waals surface area contributed by atoms with E-state index in [1.165, 1.54) is 19.2 Å². The Labute approximate surface area is 74.1 Å². The lowest BCUT2D eigenvalue weighted by atomic mass is 10.1. The maximum absolute atomic E-state index is 13.2. The Morgan fingerprint density at radius 3 is 2.46 bits per heavy atom. The van der Waals surface area contributed by atoms with Crippen molar-refractivity contribution in [2.75, 3.05) is 7.11 Å². The normalized spacial score (nSPS) is 9.38. The maximum Gasteiger partial charge on any atom is 0.156 e. The SMILES string of the molecule is COc1ccc(C=O)c([18F])c1C=O. The molecule has 0 aliphatic carbocycles. The van der Waals surface area contributed by atoms with E-state index in [9.17, 15) is 14.0 Å². The van der Waals surface area contributed by atoms with Crippen molar-refractivity contribution in [1.82, 2.24) is 0 Å². The molecule has 13 heavy (non-hydrogen) atoms. The first-order valence-corrected chi connectivity index (χ1v) is 3.51. The second-order valence-electron chi connectivity index (χ2n) is 2.32. The third-order valence-electron chi connectivity index (χ3n) is 1.63. The quantitative estimate of drug-likeness (QED) is 0.663. The van der Waals surface area contributed by atoms with Crippen LogP contribution in [0.5, 0.6) is 5.75 Å². The van der Waals surface area contributed by atoms with Crippen LogP contribution in [0, 0.1) is 5.82 Å². The summed E-state index contributed by atoms with van der Waals surface area (Å²) in [7, 11) is 1.32. The van der Waals surface area contributed by atoms with Crippen molar-refractivity contribution in [3.63, 3.8) is 0 Å². The minimum absolute atomic E-state index is 0.123. The van der Waals surface area contributed by atoms with Gasteiger partial charge in [-0.05, 0) is 12.1 Å². The molecule has 4 heteroatoms. The molecule has 0 amide bonds. The molecule has 1 aromatic carbocycles. The van der Waals surface area contributed by atoms with Crippen LogP contribution >= 0.6 is 0 Å². The van der Waals surface area contributed by atoms with Gasteiger partial charge >= 0.3 is 0 Å². The monoisotopic (exact) mass is 181 g/mol. The first kappa shape index (κ1) is 9.38. The summed E-state index contributed by atoms with van der Waals surface area (Å²) >= 11 is 0. The van der Waals surface area contributed by atoms with Crippen molar-refractivity contribution >= 4 is 12.6 Å². The third-order valence-corrected chi connectivity index (χ3v) is 1.63. The predicted molar refractivity (Wildman–Crippen MR) is 43.7 cm³/mol. The minimum atomic E-state index is -0.843. The topological polar surface area (TPSA) is 43.4 Å². The summed E-state index contributed by atoms with van der Waals surface area (Å²) in [6, 6.07) is 2.63. The average molecular weight is 181 g/mol. The molecule has 0 heterocycles. The molecule has 0 aliphatic heterocycles. The zero-order valence-corrected chi connectivity index (χ0v) is 6.91. The zero-order chi connectivity index (χ0) is 9.84. The number of benzene rings is 1. The summed E-state index contributed by atoms with van der Waals surface area (Å²) in [4.78, 5) is 20.7. The predicted octanol–water partition coefficient (Wildman–Crippen LogP) is 1.46. The van der Waals surface area contributed by atoms with Crippen LogP contribution in [0.2, 0.25) is 0 Å². The van der Waals surface area contributed by atoms with Crippen molar-refractivity contribution in [3.8, 4) is 5.75 Å². The van der Waals surface area contributed by atoms with E-state index in [4.69, 9.17) is 4.74 Å². The van der Waals surface area contributed by atoms with Crippen LogP contribution in [-0.4, -0.2) is 19.7 Å². The molecule has 0 unspecified atom stereocenters. The fraction of sp³-hybridized carbons (Fsp3) is 0.111. The Bertz CT molecular complexity index is 347. The Balaban J connectivity index is 3.39. The number of rotatable bonds is 3. The van der Waals surface area contributed by atoms with Gasteiger partial charge in [0, 0.05) is 0 Å². The highest BCUT2D eigenvalue weighted by atomic mass is 18.2. The van der Waals surface area contributed by atoms with Crippen LogP contribution in [0.25, 0.3) is 0 Å². The molecule has 0 spiro atoms. The highest BCUT2D eigenvalue weighted by molar-refractivity contribution is 5.85. The van der Waals surface area contributed by atoms with Crippen LogP contribution in [0.4, 0.5) is 4.39 Å². The van der Waals surface area contributed by atoms with Crippen LogP contribution in [0.3, 0.4) is 0 Å². The van der Waals surface area contributed by atoms with E-state index in [1.807, 2.05) is 0 Å². The summed E-state index contributed by atoms with van der Waals surface area (Å²) in [5, 5.41) is 0. The summed E-state index contributed by atoms with van der Waals surface area (Å²) < 4.78 is 17.9. The highest BCUT2D eigenvalue weighted by Crippen LogP contribution is 2.21. The summed E-state index contributed by atoms with van der Waals surface area (Å²) in [6.45, 7) is 0. The van der Waals surface area contributed by atoms with Gasteiger partial charge in [0.2, 0.25) is 0 Å². The van der Waals surface area contributed by atoms with E-state index in [0.717, 1.165) is 0 Å². The molecule has 0 N–H and O–H groups in total. The molecule has 68 valence electrons. The fourth-order valence-electron chi connectivity index (χ4n) is 0.971.